The van der Waals surface area contributed by atoms with Gasteiger partial charge in [0.05, 0.1) is 5.56 Å². The van der Waals surface area contributed by atoms with E-state index >= 15 is 0 Å². The molecule has 0 saturated carbocycles. The summed E-state index contributed by atoms with van der Waals surface area (Å²) in [6.07, 6.45) is 0. The van der Waals surface area contributed by atoms with Gasteiger partial charge in [-0.1, -0.05) is 37.3 Å². The van der Waals surface area contributed by atoms with Crippen molar-refractivity contribution in [1.82, 2.24) is 5.32 Å². The van der Waals surface area contributed by atoms with Crippen LogP contribution in [0.25, 0.3) is 0 Å². The lowest BCUT2D eigenvalue weighted by atomic mass is 10.0. The number of benzene rings is 2. The van der Waals surface area contributed by atoms with Crippen LogP contribution in [0.3, 0.4) is 0 Å². The van der Waals surface area contributed by atoms with Crippen LogP contribution in [-0.2, 0) is 0 Å². The van der Waals surface area contributed by atoms with E-state index in [1.165, 1.54) is 12.1 Å². The smallest absolute Gasteiger partial charge is 0.253 e. The van der Waals surface area contributed by atoms with Crippen molar-refractivity contribution in [3.63, 3.8) is 0 Å². The molecule has 2 aromatic rings. The second kappa shape index (κ2) is 6.19. The number of anilines is 1. The molecule has 0 radical (unpaired) electrons. The SMILES string of the molecule is CC(CNC(=O)c1cc(F)ccc1N)c1ccccc1. The van der Waals surface area contributed by atoms with E-state index < -0.39 is 5.82 Å². The van der Waals surface area contributed by atoms with Crippen LogP contribution in [0.4, 0.5) is 10.1 Å². The zero-order valence-electron chi connectivity index (χ0n) is 11.3. The molecule has 1 amide bonds. The number of rotatable bonds is 4. The van der Waals surface area contributed by atoms with Crippen molar-refractivity contribution in [3.05, 3.63) is 65.5 Å². The fourth-order valence-corrected chi connectivity index (χ4v) is 1.97. The number of hydrogen-bond acceptors (Lipinski definition) is 2. The second-order valence-electron chi connectivity index (χ2n) is 4.75. The molecule has 3 N–H and O–H groups in total. The number of amides is 1. The van der Waals surface area contributed by atoms with Crippen molar-refractivity contribution in [2.45, 2.75) is 12.8 Å². The third kappa shape index (κ3) is 3.35. The van der Waals surface area contributed by atoms with Crippen molar-refractivity contribution in [2.75, 3.05) is 12.3 Å². The van der Waals surface area contributed by atoms with Gasteiger partial charge in [0.2, 0.25) is 0 Å². The normalized spacial score (nSPS) is 11.9. The molecule has 0 spiro atoms. The van der Waals surface area contributed by atoms with E-state index in [4.69, 9.17) is 5.73 Å². The first kappa shape index (κ1) is 14.1. The van der Waals surface area contributed by atoms with Crippen LogP contribution >= 0.6 is 0 Å². The number of nitrogen functional groups attached to an aromatic ring is 1. The van der Waals surface area contributed by atoms with Crippen LogP contribution in [-0.4, -0.2) is 12.5 Å². The average molecular weight is 272 g/mol. The van der Waals surface area contributed by atoms with E-state index in [-0.39, 0.29) is 23.1 Å². The number of hydrogen-bond donors (Lipinski definition) is 2. The summed E-state index contributed by atoms with van der Waals surface area (Å²) in [5, 5.41) is 2.78. The van der Waals surface area contributed by atoms with Gasteiger partial charge in [-0.3, -0.25) is 4.79 Å². The molecule has 20 heavy (non-hydrogen) atoms. The van der Waals surface area contributed by atoms with Crippen molar-refractivity contribution < 1.29 is 9.18 Å². The van der Waals surface area contributed by atoms with Gasteiger partial charge in [0.25, 0.3) is 5.91 Å². The molecule has 2 rings (SSSR count). The highest BCUT2D eigenvalue weighted by Crippen LogP contribution is 2.15. The minimum atomic E-state index is -0.472. The number of carbonyl (C=O) groups excluding carboxylic acids is 1. The molecule has 104 valence electrons. The summed E-state index contributed by atoms with van der Waals surface area (Å²) in [5.74, 6) is -0.653. The Morgan fingerprint density at radius 2 is 1.95 bits per heavy atom. The maximum absolute atomic E-state index is 13.1. The molecule has 0 saturated heterocycles. The third-order valence-corrected chi connectivity index (χ3v) is 3.20. The van der Waals surface area contributed by atoms with Crippen molar-refractivity contribution in [1.29, 1.82) is 0 Å². The summed E-state index contributed by atoms with van der Waals surface area (Å²) in [6, 6.07) is 13.7. The zero-order valence-corrected chi connectivity index (χ0v) is 11.3. The van der Waals surface area contributed by atoms with Gasteiger partial charge < -0.3 is 11.1 Å². The molecule has 0 heterocycles. The quantitative estimate of drug-likeness (QED) is 0.841. The van der Waals surface area contributed by atoms with Crippen LogP contribution in [0, 0.1) is 5.82 Å². The van der Waals surface area contributed by atoms with E-state index in [2.05, 4.69) is 5.32 Å². The summed E-state index contributed by atoms with van der Waals surface area (Å²) in [7, 11) is 0. The summed E-state index contributed by atoms with van der Waals surface area (Å²) in [5.41, 5.74) is 7.27. The maximum Gasteiger partial charge on any atom is 0.253 e. The Labute approximate surface area is 117 Å². The molecule has 4 heteroatoms. The van der Waals surface area contributed by atoms with Crippen LogP contribution in [0.2, 0.25) is 0 Å². The van der Waals surface area contributed by atoms with E-state index in [1.807, 2.05) is 37.3 Å². The first-order valence-electron chi connectivity index (χ1n) is 6.46. The monoisotopic (exact) mass is 272 g/mol. The minimum Gasteiger partial charge on any atom is -0.398 e. The van der Waals surface area contributed by atoms with E-state index in [9.17, 15) is 9.18 Å². The lowest BCUT2D eigenvalue weighted by Gasteiger charge is -2.13. The number of carbonyl (C=O) groups is 1. The van der Waals surface area contributed by atoms with E-state index in [0.717, 1.165) is 11.6 Å². The fourth-order valence-electron chi connectivity index (χ4n) is 1.97. The lowest BCUT2D eigenvalue weighted by Crippen LogP contribution is -2.28. The number of nitrogens with two attached hydrogens (primary N) is 1. The predicted molar refractivity (Wildman–Crippen MR) is 78.0 cm³/mol. The molecule has 0 aliphatic rings. The lowest BCUT2D eigenvalue weighted by molar-refractivity contribution is 0.0952. The third-order valence-electron chi connectivity index (χ3n) is 3.20. The second-order valence-corrected chi connectivity index (χ2v) is 4.75. The first-order valence-corrected chi connectivity index (χ1v) is 6.46. The highest BCUT2D eigenvalue weighted by atomic mass is 19.1. The highest BCUT2D eigenvalue weighted by Gasteiger charge is 2.12. The molecular weight excluding hydrogens is 255 g/mol. The molecule has 0 fully saturated rings. The molecule has 0 bridgehead atoms. The molecule has 1 unspecified atom stereocenters. The Kier molecular flexibility index (Phi) is 4.35. The van der Waals surface area contributed by atoms with Gasteiger partial charge in [0, 0.05) is 12.2 Å². The Hall–Kier alpha value is -2.36. The Bertz CT molecular complexity index is 599. The summed E-state index contributed by atoms with van der Waals surface area (Å²) in [4.78, 5) is 12.0. The molecule has 0 aliphatic carbocycles. The van der Waals surface area contributed by atoms with Crippen molar-refractivity contribution in [3.8, 4) is 0 Å². The van der Waals surface area contributed by atoms with E-state index in [1.54, 1.807) is 0 Å². The van der Waals surface area contributed by atoms with Gasteiger partial charge in [-0.25, -0.2) is 4.39 Å². The fraction of sp³-hybridized carbons (Fsp3) is 0.188. The Morgan fingerprint density at radius 1 is 1.25 bits per heavy atom. The van der Waals surface area contributed by atoms with Gasteiger partial charge >= 0.3 is 0 Å². The van der Waals surface area contributed by atoms with Gasteiger partial charge in [0.1, 0.15) is 5.82 Å². The summed E-state index contributed by atoms with van der Waals surface area (Å²) in [6.45, 7) is 2.49. The average Bonchev–Trinajstić information content (AvgIpc) is 2.47. The maximum atomic E-state index is 13.1. The zero-order chi connectivity index (χ0) is 14.5. The summed E-state index contributed by atoms with van der Waals surface area (Å²) >= 11 is 0. The topological polar surface area (TPSA) is 55.1 Å². The summed E-state index contributed by atoms with van der Waals surface area (Å²) < 4.78 is 13.1. The first-order chi connectivity index (χ1) is 9.58. The highest BCUT2D eigenvalue weighted by molar-refractivity contribution is 5.99. The molecule has 2 aromatic carbocycles. The van der Waals surface area contributed by atoms with Crippen LogP contribution < -0.4 is 11.1 Å². The Morgan fingerprint density at radius 3 is 2.65 bits per heavy atom. The largest absolute Gasteiger partial charge is 0.398 e. The minimum absolute atomic E-state index is 0.172. The Balaban J connectivity index is 2.00. The van der Waals surface area contributed by atoms with Crippen molar-refractivity contribution in [2.24, 2.45) is 0 Å². The van der Waals surface area contributed by atoms with Gasteiger partial charge in [-0.15, -0.1) is 0 Å². The number of halogens is 1. The van der Waals surface area contributed by atoms with Gasteiger partial charge in [-0.2, -0.15) is 0 Å². The van der Waals surface area contributed by atoms with E-state index in [0.29, 0.717) is 6.54 Å². The van der Waals surface area contributed by atoms with Crippen LogP contribution in [0.1, 0.15) is 28.8 Å². The number of nitrogens with one attached hydrogen (secondary N) is 1. The molecule has 0 aliphatic heterocycles. The van der Waals surface area contributed by atoms with Crippen molar-refractivity contribution >= 4 is 11.6 Å². The predicted octanol–water partition coefficient (Wildman–Crippen LogP) is 2.94. The van der Waals surface area contributed by atoms with Gasteiger partial charge in [0.15, 0.2) is 0 Å². The molecule has 3 nitrogen and oxygen atoms in total. The molecule has 0 aromatic heterocycles. The van der Waals surface area contributed by atoms with Crippen LogP contribution in [0.15, 0.2) is 48.5 Å². The van der Waals surface area contributed by atoms with Crippen LogP contribution in [0.5, 0.6) is 0 Å². The molecule has 1 atom stereocenters. The standard InChI is InChI=1S/C16H17FN2O/c1-11(12-5-3-2-4-6-12)10-19-16(20)14-9-13(17)7-8-15(14)18/h2-9,11H,10,18H2,1H3,(H,19,20). The van der Waals surface area contributed by atoms with Gasteiger partial charge in [-0.05, 0) is 29.7 Å². The molecular formula is C16H17FN2O.